The number of aromatic nitrogens is 1. The van der Waals surface area contributed by atoms with Crippen LogP contribution < -0.4 is 0 Å². The molecule has 0 unspecified atom stereocenters. The first-order chi connectivity index (χ1) is 14.0. The molecule has 1 aromatic heterocycles. The van der Waals surface area contributed by atoms with Crippen LogP contribution >= 0.6 is 0 Å². The number of hydrogen-bond acceptors (Lipinski definition) is 3. The molecule has 0 radical (unpaired) electrons. The molecule has 4 aromatic rings. The fourth-order valence-corrected chi connectivity index (χ4v) is 3.92. The molecule has 0 N–H and O–H groups in total. The number of oxime groups is 1. The number of hydrogen-bond donors (Lipinski definition) is 0. The topological polar surface area (TPSA) is 43.6 Å². The van der Waals surface area contributed by atoms with Crippen molar-refractivity contribution in [1.82, 2.24) is 4.57 Å². The van der Waals surface area contributed by atoms with Gasteiger partial charge in [0.05, 0.1) is 5.71 Å². The van der Waals surface area contributed by atoms with E-state index in [0.29, 0.717) is 5.71 Å². The summed E-state index contributed by atoms with van der Waals surface area (Å²) in [6.07, 6.45) is 0. The Labute approximate surface area is 170 Å². The second-order valence-corrected chi connectivity index (χ2v) is 7.28. The summed E-state index contributed by atoms with van der Waals surface area (Å²) in [5.74, 6) is -0.420. The van der Waals surface area contributed by atoms with Crippen molar-refractivity contribution < 1.29 is 9.63 Å². The van der Waals surface area contributed by atoms with Gasteiger partial charge in [-0.1, -0.05) is 41.6 Å². The predicted octanol–water partition coefficient (Wildman–Crippen LogP) is 6.08. The lowest BCUT2D eigenvalue weighted by molar-refractivity contribution is -0.140. The minimum Gasteiger partial charge on any atom is -0.341 e. The van der Waals surface area contributed by atoms with Gasteiger partial charge in [-0.25, -0.2) is 4.79 Å². The maximum absolute atomic E-state index is 11.1. The molecule has 0 bridgehead atoms. The van der Waals surface area contributed by atoms with E-state index in [2.05, 4.69) is 78.2 Å². The lowest BCUT2D eigenvalue weighted by Crippen LogP contribution is -1.99. The number of fused-ring (bicyclic) bond motifs is 3. The Balaban J connectivity index is 1.94. The van der Waals surface area contributed by atoms with Crippen LogP contribution in [0.25, 0.3) is 32.9 Å². The van der Waals surface area contributed by atoms with Crippen LogP contribution in [0.2, 0.25) is 0 Å². The second-order valence-electron chi connectivity index (χ2n) is 7.28. The summed E-state index contributed by atoms with van der Waals surface area (Å²) in [7, 11) is 0. The Morgan fingerprint density at radius 1 is 0.966 bits per heavy atom. The number of rotatable bonds is 4. The maximum atomic E-state index is 11.1. The van der Waals surface area contributed by atoms with Crippen LogP contribution in [0.3, 0.4) is 0 Å². The van der Waals surface area contributed by atoms with Gasteiger partial charge in [0, 0.05) is 35.3 Å². The molecule has 0 aliphatic heterocycles. The smallest absolute Gasteiger partial charge is 0.331 e. The molecule has 146 valence electrons. The van der Waals surface area contributed by atoms with E-state index in [1.54, 1.807) is 0 Å². The van der Waals surface area contributed by atoms with Crippen molar-refractivity contribution in [3.05, 3.63) is 71.8 Å². The van der Waals surface area contributed by atoms with Gasteiger partial charge in [-0.3, -0.25) is 0 Å². The number of benzene rings is 3. The van der Waals surface area contributed by atoms with Crippen molar-refractivity contribution in [2.75, 3.05) is 0 Å². The summed E-state index contributed by atoms with van der Waals surface area (Å²) in [4.78, 5) is 15.9. The molecule has 0 aliphatic rings. The molecule has 0 spiro atoms. The normalized spacial score (nSPS) is 11.9. The summed E-state index contributed by atoms with van der Waals surface area (Å²) in [5, 5.41) is 6.33. The fraction of sp³-hybridized carbons (Fsp3) is 0.200. The van der Waals surface area contributed by atoms with Crippen LogP contribution in [0, 0.1) is 6.92 Å². The van der Waals surface area contributed by atoms with Crippen LogP contribution in [0.1, 0.15) is 31.9 Å². The van der Waals surface area contributed by atoms with E-state index in [4.69, 9.17) is 4.84 Å². The Kier molecular flexibility index (Phi) is 4.93. The molecule has 3 aromatic carbocycles. The van der Waals surface area contributed by atoms with Gasteiger partial charge in [-0.15, -0.1) is 0 Å². The summed E-state index contributed by atoms with van der Waals surface area (Å²) < 4.78 is 2.33. The quantitative estimate of drug-likeness (QED) is 0.243. The van der Waals surface area contributed by atoms with Crippen molar-refractivity contribution in [2.24, 2.45) is 5.16 Å². The van der Waals surface area contributed by atoms with Crippen molar-refractivity contribution in [3.8, 4) is 11.1 Å². The number of aryl methyl sites for hydroxylation is 2. The second kappa shape index (κ2) is 7.55. The summed E-state index contributed by atoms with van der Waals surface area (Å²) in [6, 6.07) is 21.4. The Morgan fingerprint density at radius 2 is 1.66 bits per heavy atom. The van der Waals surface area contributed by atoms with Gasteiger partial charge in [-0.05, 0) is 67.3 Å². The molecule has 29 heavy (non-hydrogen) atoms. The van der Waals surface area contributed by atoms with Gasteiger partial charge < -0.3 is 9.40 Å². The van der Waals surface area contributed by atoms with E-state index in [-0.39, 0.29) is 0 Å². The molecule has 1 heterocycles. The molecule has 0 saturated carbocycles. The molecular formula is C25H24N2O2. The Bertz CT molecular complexity index is 1260. The molecule has 0 amide bonds. The molecule has 0 saturated heterocycles. The van der Waals surface area contributed by atoms with Crippen molar-refractivity contribution in [2.45, 2.75) is 34.2 Å². The van der Waals surface area contributed by atoms with Crippen LogP contribution in [-0.2, 0) is 16.2 Å². The van der Waals surface area contributed by atoms with E-state index >= 15 is 0 Å². The third kappa shape index (κ3) is 3.42. The summed E-state index contributed by atoms with van der Waals surface area (Å²) in [6.45, 7) is 8.39. The zero-order chi connectivity index (χ0) is 20.5. The SMILES string of the molecule is CCn1c2ccc(C(C)=NOC(C)=O)cc2c2cc(-c3ccccc3C)ccc21. The maximum Gasteiger partial charge on any atom is 0.331 e. The standard InChI is InChI=1S/C25H24N2O2/c1-5-27-24-12-10-19(17(3)26-29-18(4)28)14-22(24)23-15-20(11-13-25(23)27)21-9-7-6-8-16(21)2/h6-15H,5H2,1-4H3. The van der Waals surface area contributed by atoms with Crippen molar-refractivity contribution in [1.29, 1.82) is 0 Å². The van der Waals surface area contributed by atoms with E-state index in [1.165, 1.54) is 45.4 Å². The monoisotopic (exact) mass is 384 g/mol. The molecule has 0 aliphatic carbocycles. The first-order valence-electron chi connectivity index (χ1n) is 9.84. The zero-order valence-corrected chi connectivity index (χ0v) is 17.2. The van der Waals surface area contributed by atoms with E-state index < -0.39 is 5.97 Å². The number of nitrogens with zero attached hydrogens (tertiary/aromatic N) is 2. The van der Waals surface area contributed by atoms with Crippen molar-refractivity contribution in [3.63, 3.8) is 0 Å². The highest BCUT2D eigenvalue weighted by Crippen LogP contribution is 2.34. The van der Waals surface area contributed by atoms with Gasteiger partial charge in [0.15, 0.2) is 0 Å². The predicted molar refractivity (Wildman–Crippen MR) is 119 cm³/mol. The first kappa shape index (κ1) is 18.9. The highest BCUT2D eigenvalue weighted by molar-refractivity contribution is 6.12. The first-order valence-corrected chi connectivity index (χ1v) is 9.84. The van der Waals surface area contributed by atoms with Gasteiger partial charge in [-0.2, -0.15) is 0 Å². The van der Waals surface area contributed by atoms with Crippen LogP contribution in [0.4, 0.5) is 0 Å². The van der Waals surface area contributed by atoms with Crippen molar-refractivity contribution >= 4 is 33.5 Å². The third-order valence-corrected chi connectivity index (χ3v) is 5.37. The Hall–Kier alpha value is -3.40. The van der Waals surface area contributed by atoms with Crippen LogP contribution in [0.15, 0.2) is 65.8 Å². The highest BCUT2D eigenvalue weighted by atomic mass is 16.7. The lowest BCUT2D eigenvalue weighted by atomic mass is 9.98. The van der Waals surface area contributed by atoms with Crippen LogP contribution in [0.5, 0.6) is 0 Å². The van der Waals surface area contributed by atoms with Gasteiger partial charge in [0.2, 0.25) is 0 Å². The van der Waals surface area contributed by atoms with Gasteiger partial charge in [0.25, 0.3) is 0 Å². The number of carbonyl (C=O) groups excluding carboxylic acids is 1. The van der Waals surface area contributed by atoms with Gasteiger partial charge in [0.1, 0.15) is 0 Å². The zero-order valence-electron chi connectivity index (χ0n) is 17.2. The fourth-order valence-electron chi connectivity index (χ4n) is 3.92. The number of carbonyl (C=O) groups is 1. The molecule has 4 rings (SSSR count). The lowest BCUT2D eigenvalue weighted by Gasteiger charge is -2.07. The van der Waals surface area contributed by atoms with E-state index in [0.717, 1.165) is 12.1 Å². The highest BCUT2D eigenvalue weighted by Gasteiger charge is 2.13. The average molecular weight is 384 g/mol. The molecular weight excluding hydrogens is 360 g/mol. The van der Waals surface area contributed by atoms with E-state index in [1.807, 2.05) is 13.0 Å². The Morgan fingerprint density at radius 3 is 2.34 bits per heavy atom. The molecule has 0 fully saturated rings. The third-order valence-electron chi connectivity index (χ3n) is 5.37. The van der Waals surface area contributed by atoms with Gasteiger partial charge >= 0.3 is 5.97 Å². The molecule has 0 atom stereocenters. The van der Waals surface area contributed by atoms with E-state index in [9.17, 15) is 4.79 Å². The molecule has 4 heteroatoms. The van der Waals surface area contributed by atoms with Crippen LogP contribution in [-0.4, -0.2) is 16.2 Å². The molecule has 4 nitrogen and oxygen atoms in total. The minimum absolute atomic E-state index is 0.420. The average Bonchev–Trinajstić information content (AvgIpc) is 3.04. The summed E-state index contributed by atoms with van der Waals surface area (Å²) in [5.41, 5.74) is 7.73. The minimum atomic E-state index is -0.420. The largest absolute Gasteiger partial charge is 0.341 e. The summed E-state index contributed by atoms with van der Waals surface area (Å²) >= 11 is 0.